The van der Waals surface area contributed by atoms with Crippen LogP contribution >= 0.6 is 34.2 Å². The molecule has 8 heteroatoms. The summed E-state index contributed by atoms with van der Waals surface area (Å²) >= 11 is 7.64. The van der Waals surface area contributed by atoms with E-state index in [-0.39, 0.29) is 19.3 Å². The summed E-state index contributed by atoms with van der Waals surface area (Å²) in [5, 5.41) is 8.67. The van der Waals surface area contributed by atoms with Crippen LogP contribution in [0.2, 0.25) is 0 Å². The highest BCUT2D eigenvalue weighted by Crippen LogP contribution is 2.20. The number of nitrogens with two attached hydrogens (primary N) is 1. The Bertz CT molecular complexity index is 107. The highest BCUT2D eigenvalue weighted by Gasteiger charge is 2.13. The van der Waals surface area contributed by atoms with Crippen LogP contribution in [-0.2, 0) is 4.52 Å². The Hall–Kier alpha value is 0.930. The zero-order chi connectivity index (χ0) is 8.85. The third kappa shape index (κ3) is 6.12. The molecule has 1 unspecified atom stereocenters. The summed E-state index contributed by atoms with van der Waals surface area (Å²) in [4.78, 5) is 8.55. The van der Waals surface area contributed by atoms with Gasteiger partial charge in [-0.2, -0.15) is 3.71 Å². The fraction of sp³-hybridized carbons (Fsp3) is 1.00. The van der Waals surface area contributed by atoms with Gasteiger partial charge in [0.05, 0.1) is 19.3 Å². The molecule has 0 aromatic rings. The van der Waals surface area contributed by atoms with E-state index in [0.717, 1.165) is 0 Å². The monoisotopic (exact) mass is 218 g/mol. The zero-order valence-electron chi connectivity index (χ0n) is 5.66. The molecule has 0 saturated carbocycles. The average molecular weight is 218 g/mol. The molecule has 68 valence electrons. The molecule has 0 aliphatic carbocycles. The van der Waals surface area contributed by atoms with Gasteiger partial charge in [0.1, 0.15) is 0 Å². The Balaban J connectivity index is 3.52. The molecule has 0 aromatic carbocycles. The summed E-state index contributed by atoms with van der Waals surface area (Å²) in [5.41, 5.74) is 4.94. The van der Waals surface area contributed by atoms with Gasteiger partial charge in [-0.1, -0.05) is 25.6 Å². The van der Waals surface area contributed by atoms with E-state index in [1.54, 1.807) is 0 Å². The lowest BCUT2D eigenvalue weighted by molar-refractivity contribution is 0.176. The normalized spacial score (nSPS) is 16.9. The second-order valence-electron chi connectivity index (χ2n) is 1.76. The van der Waals surface area contributed by atoms with Crippen molar-refractivity contribution < 1.29 is 14.5 Å². The van der Waals surface area contributed by atoms with Crippen LogP contribution < -0.4 is 5.50 Å². The summed E-state index contributed by atoms with van der Waals surface area (Å²) < 4.78 is 5.85. The third-order valence-corrected chi connectivity index (χ3v) is 2.00. The lowest BCUT2D eigenvalue weighted by atomic mass is 10.4. The Labute approximate surface area is 77.6 Å². The van der Waals surface area contributed by atoms with E-state index < -0.39 is 8.53 Å². The van der Waals surface area contributed by atoms with Crippen molar-refractivity contribution in [3.63, 3.8) is 0 Å². The van der Waals surface area contributed by atoms with Crippen LogP contribution in [0.4, 0.5) is 0 Å². The first-order valence-electron chi connectivity index (χ1n) is 2.72. The molecule has 0 amide bonds. The Morgan fingerprint density at radius 3 is 2.45 bits per heavy atom. The first kappa shape index (κ1) is 11.9. The van der Waals surface area contributed by atoms with Crippen LogP contribution in [0.25, 0.3) is 0 Å². The van der Waals surface area contributed by atoms with E-state index in [9.17, 15) is 0 Å². The second kappa shape index (κ2) is 6.45. The molecule has 0 aromatic heterocycles. The summed E-state index contributed by atoms with van der Waals surface area (Å²) in [6, 6.07) is -0.373. The van der Waals surface area contributed by atoms with Gasteiger partial charge in [0.25, 0.3) is 0 Å². The maximum Gasteiger partial charge on any atom is 0.250 e. The second-order valence-corrected chi connectivity index (χ2v) is 3.80. The van der Waals surface area contributed by atoms with Crippen molar-refractivity contribution in [1.29, 1.82) is 0 Å². The van der Waals surface area contributed by atoms with Crippen molar-refractivity contribution in [2.24, 2.45) is 5.50 Å². The summed E-state index contributed by atoms with van der Waals surface area (Å²) in [6.07, 6.45) is 0. The molecule has 11 heavy (non-hydrogen) atoms. The summed E-state index contributed by atoms with van der Waals surface area (Å²) in [6.45, 7) is -0.0572. The van der Waals surface area contributed by atoms with Crippen molar-refractivity contribution in [2.45, 2.75) is 6.04 Å². The number of aliphatic hydroxyl groups is 1. The minimum Gasteiger partial charge on any atom is -0.395 e. The van der Waals surface area contributed by atoms with Crippen LogP contribution in [-0.4, -0.2) is 33.0 Å². The largest absolute Gasteiger partial charge is 0.395 e. The van der Waals surface area contributed by atoms with Crippen LogP contribution in [0.1, 0.15) is 0 Å². The SMILES string of the molecule is NP(O)OC[C@@H](CO)N(S)S. The standard InChI is InChI=1S/C3H11N2O3PS2/c4-9(7)8-2-3(1-6)5(10)11/h3,6-7,10-11H,1-2,4H2/t3-,9?/m1/s1. The third-order valence-electron chi connectivity index (χ3n) is 0.937. The lowest BCUT2D eigenvalue weighted by Gasteiger charge is -2.19. The van der Waals surface area contributed by atoms with E-state index in [1.165, 1.54) is 3.71 Å². The molecular weight excluding hydrogens is 207 g/mol. The minimum absolute atomic E-state index is 0.0994. The van der Waals surface area contributed by atoms with Gasteiger partial charge in [-0.3, -0.25) is 5.50 Å². The first-order valence-corrected chi connectivity index (χ1v) is 4.80. The molecule has 2 atom stereocenters. The average Bonchev–Trinajstić information content (AvgIpc) is 1.87. The van der Waals surface area contributed by atoms with Gasteiger partial charge in [0, 0.05) is 0 Å². The van der Waals surface area contributed by atoms with Crippen LogP contribution in [0.15, 0.2) is 0 Å². The fourth-order valence-corrected chi connectivity index (χ4v) is 0.959. The van der Waals surface area contributed by atoms with Crippen LogP contribution in [0.5, 0.6) is 0 Å². The fourth-order valence-electron chi connectivity index (χ4n) is 0.355. The number of hydrogen-bond donors (Lipinski definition) is 5. The molecular formula is C3H11N2O3PS2. The maximum absolute atomic E-state index is 8.67. The predicted molar refractivity (Wildman–Crippen MR) is 50.0 cm³/mol. The molecule has 0 spiro atoms. The zero-order valence-corrected chi connectivity index (χ0v) is 8.34. The van der Waals surface area contributed by atoms with Crippen LogP contribution in [0, 0.1) is 0 Å². The quantitative estimate of drug-likeness (QED) is 0.318. The Kier molecular flexibility index (Phi) is 6.99. The molecule has 5 nitrogen and oxygen atoms in total. The molecule has 4 N–H and O–H groups in total. The molecule has 0 radical (unpaired) electrons. The van der Waals surface area contributed by atoms with Crippen molar-refractivity contribution in [3.05, 3.63) is 0 Å². The number of rotatable bonds is 5. The topological polar surface area (TPSA) is 79.0 Å². The van der Waals surface area contributed by atoms with Crippen molar-refractivity contribution >= 4 is 34.2 Å². The van der Waals surface area contributed by atoms with Gasteiger partial charge in [0.2, 0.25) is 8.53 Å². The molecule has 0 aliphatic rings. The van der Waals surface area contributed by atoms with Crippen molar-refractivity contribution in [2.75, 3.05) is 13.2 Å². The van der Waals surface area contributed by atoms with Gasteiger partial charge in [-0.15, -0.1) is 0 Å². The summed E-state index contributed by atoms with van der Waals surface area (Å²) in [5.74, 6) is 0. The highest BCUT2D eigenvalue weighted by atomic mass is 32.2. The molecule has 0 aliphatic heterocycles. The predicted octanol–water partition coefficient (Wildman–Crippen LogP) is -0.467. The maximum atomic E-state index is 8.67. The van der Waals surface area contributed by atoms with Gasteiger partial charge in [-0.25, -0.2) is 0 Å². The van der Waals surface area contributed by atoms with Gasteiger partial charge in [0.15, 0.2) is 0 Å². The van der Waals surface area contributed by atoms with E-state index in [1.807, 2.05) is 0 Å². The van der Waals surface area contributed by atoms with Crippen molar-refractivity contribution in [1.82, 2.24) is 3.71 Å². The highest BCUT2D eigenvalue weighted by molar-refractivity contribution is 7.93. The summed E-state index contributed by atoms with van der Waals surface area (Å²) in [7, 11) is -1.87. The number of hydrogen-bond acceptors (Lipinski definition) is 7. The smallest absolute Gasteiger partial charge is 0.250 e. The lowest BCUT2D eigenvalue weighted by Crippen LogP contribution is -2.29. The Morgan fingerprint density at radius 1 is 1.64 bits per heavy atom. The molecule has 0 bridgehead atoms. The van der Waals surface area contributed by atoms with E-state index in [4.69, 9.17) is 15.5 Å². The molecule has 0 saturated heterocycles. The van der Waals surface area contributed by atoms with Crippen molar-refractivity contribution in [3.8, 4) is 0 Å². The van der Waals surface area contributed by atoms with Gasteiger partial charge in [-0.05, 0) is 0 Å². The van der Waals surface area contributed by atoms with E-state index >= 15 is 0 Å². The van der Waals surface area contributed by atoms with Gasteiger partial charge >= 0.3 is 0 Å². The molecule has 0 heterocycles. The van der Waals surface area contributed by atoms with E-state index in [2.05, 4.69) is 30.2 Å². The van der Waals surface area contributed by atoms with Crippen LogP contribution in [0.3, 0.4) is 0 Å². The number of thiol groups is 2. The Morgan fingerprint density at radius 2 is 2.18 bits per heavy atom. The first-order chi connectivity index (χ1) is 5.07. The van der Waals surface area contributed by atoms with E-state index in [0.29, 0.717) is 0 Å². The molecule has 0 rings (SSSR count). The van der Waals surface area contributed by atoms with Gasteiger partial charge < -0.3 is 14.5 Å². The molecule has 0 fully saturated rings. The minimum atomic E-state index is -1.87. The number of nitrogens with zero attached hydrogens (tertiary/aromatic N) is 1. The number of aliphatic hydroxyl groups excluding tert-OH is 1.